The van der Waals surface area contributed by atoms with Crippen molar-refractivity contribution >= 4 is 27.5 Å². The van der Waals surface area contributed by atoms with Gasteiger partial charge in [0.2, 0.25) is 5.91 Å². The summed E-state index contributed by atoms with van der Waals surface area (Å²) in [5.41, 5.74) is 0.533. The minimum atomic E-state index is -0.494. The number of para-hydroxylation sites is 1. The van der Waals surface area contributed by atoms with Gasteiger partial charge in [-0.3, -0.25) is 4.79 Å². The molecule has 1 aromatic heterocycles. The van der Waals surface area contributed by atoms with Crippen molar-refractivity contribution in [3.05, 3.63) is 29.3 Å². The number of aromatic nitrogens is 1. The van der Waals surface area contributed by atoms with Crippen molar-refractivity contribution in [1.82, 2.24) is 9.88 Å². The van der Waals surface area contributed by atoms with Crippen molar-refractivity contribution in [2.24, 2.45) is 5.92 Å². The van der Waals surface area contributed by atoms with Gasteiger partial charge in [-0.2, -0.15) is 0 Å². The molecule has 1 N–H and O–H groups in total. The molecular weight excluding hydrogens is 332 g/mol. The van der Waals surface area contributed by atoms with Gasteiger partial charge in [-0.25, -0.2) is 4.98 Å². The zero-order valence-electron chi connectivity index (χ0n) is 14.5. The highest BCUT2D eigenvalue weighted by Gasteiger charge is 2.54. The smallest absolute Gasteiger partial charge is 0.223 e. The molecule has 2 aliphatic carbocycles. The van der Waals surface area contributed by atoms with E-state index in [-0.39, 0.29) is 23.9 Å². The first-order valence-electron chi connectivity index (χ1n) is 9.40. The number of carbonyl (C=O) groups excluding carboxylic acids is 1. The third kappa shape index (κ3) is 2.59. The Labute approximate surface area is 151 Å². The zero-order chi connectivity index (χ0) is 17.2. The highest BCUT2D eigenvalue weighted by Crippen LogP contribution is 2.51. The molecule has 132 valence electrons. The zero-order valence-corrected chi connectivity index (χ0v) is 15.3. The lowest BCUT2D eigenvalue weighted by Crippen LogP contribution is -2.65. The maximum atomic E-state index is 13.1. The molecule has 1 amide bonds. The van der Waals surface area contributed by atoms with E-state index >= 15 is 0 Å². The molecule has 4 fully saturated rings. The van der Waals surface area contributed by atoms with Crippen LogP contribution >= 0.6 is 11.3 Å². The van der Waals surface area contributed by atoms with Crippen molar-refractivity contribution in [3.8, 4) is 0 Å². The largest absolute Gasteiger partial charge is 0.390 e. The van der Waals surface area contributed by atoms with E-state index in [9.17, 15) is 9.90 Å². The number of fused-ring (bicyclic) bond motifs is 1. The maximum Gasteiger partial charge on any atom is 0.223 e. The first-order valence-corrected chi connectivity index (χ1v) is 10.2. The fourth-order valence-corrected chi connectivity index (χ4v) is 6.57. The summed E-state index contributed by atoms with van der Waals surface area (Å²) in [5, 5.41) is 11.8. The number of hydrogen-bond donors (Lipinski definition) is 1. The van der Waals surface area contributed by atoms with Gasteiger partial charge in [-0.1, -0.05) is 19.1 Å². The Morgan fingerprint density at radius 2 is 2.04 bits per heavy atom. The second-order valence-corrected chi connectivity index (χ2v) is 9.47. The van der Waals surface area contributed by atoms with Gasteiger partial charge in [-0.15, -0.1) is 11.3 Å². The molecule has 25 heavy (non-hydrogen) atoms. The van der Waals surface area contributed by atoms with Gasteiger partial charge in [0.1, 0.15) is 0 Å². The number of hydrogen-bond acceptors (Lipinski definition) is 4. The second kappa shape index (κ2) is 5.52. The molecule has 4 nitrogen and oxygen atoms in total. The molecule has 0 spiro atoms. The quantitative estimate of drug-likeness (QED) is 0.912. The second-order valence-electron chi connectivity index (χ2n) is 8.41. The predicted molar refractivity (Wildman–Crippen MR) is 98.6 cm³/mol. The minimum absolute atomic E-state index is 0.144. The van der Waals surface area contributed by atoms with Crippen LogP contribution in [0, 0.1) is 5.92 Å². The van der Waals surface area contributed by atoms with E-state index in [1.165, 1.54) is 4.70 Å². The van der Waals surface area contributed by atoms with E-state index in [1.54, 1.807) is 11.3 Å². The van der Waals surface area contributed by atoms with Gasteiger partial charge in [0.25, 0.3) is 0 Å². The van der Waals surface area contributed by atoms with Crippen molar-refractivity contribution in [3.63, 3.8) is 0 Å². The molecule has 1 aromatic carbocycles. The summed E-state index contributed by atoms with van der Waals surface area (Å²) in [6.45, 7) is 2.11. The number of benzene rings is 1. The number of carbonyl (C=O) groups is 1. The van der Waals surface area contributed by atoms with Gasteiger partial charge >= 0.3 is 0 Å². The van der Waals surface area contributed by atoms with Crippen molar-refractivity contribution in [2.75, 3.05) is 0 Å². The monoisotopic (exact) mass is 356 g/mol. The predicted octanol–water partition coefficient (Wildman–Crippen LogP) is 3.69. The van der Waals surface area contributed by atoms with Crippen LogP contribution in [0.15, 0.2) is 24.3 Å². The topological polar surface area (TPSA) is 53.4 Å². The lowest BCUT2D eigenvalue weighted by Gasteiger charge is -2.59. The average Bonchev–Trinajstić information content (AvgIpc) is 2.97. The normalized spacial score (nSPS) is 34.6. The number of rotatable bonds is 3. The number of thiazole rings is 1. The number of nitrogens with zero attached hydrogens (tertiary/aromatic N) is 2. The summed E-state index contributed by atoms with van der Waals surface area (Å²) in [6.07, 6.45) is 5.20. The Morgan fingerprint density at radius 1 is 1.32 bits per heavy atom. The summed E-state index contributed by atoms with van der Waals surface area (Å²) >= 11 is 1.70. The minimum Gasteiger partial charge on any atom is -0.390 e. The molecule has 2 saturated heterocycles. The first kappa shape index (κ1) is 15.8. The molecule has 3 heterocycles. The van der Waals surface area contributed by atoms with Crippen LogP contribution in [0.3, 0.4) is 0 Å². The summed E-state index contributed by atoms with van der Waals surface area (Å²) in [6, 6.07) is 8.67. The summed E-state index contributed by atoms with van der Waals surface area (Å²) in [4.78, 5) is 19.9. The van der Waals surface area contributed by atoms with E-state index in [1.807, 2.05) is 18.2 Å². The number of amides is 1. The van der Waals surface area contributed by atoms with E-state index in [0.29, 0.717) is 12.3 Å². The maximum absolute atomic E-state index is 13.1. The standard InChI is InChI=1S/C20H24N2O2S/c1-12(19-21-16-4-2-3-5-17(16)25-19)6-18(23)22-14-7-13-8-15(22)11-20(24,9-13)10-14/h2-5,12-15,24H,6-11H2,1H3. The molecule has 2 saturated carbocycles. The van der Waals surface area contributed by atoms with Crippen LogP contribution in [-0.4, -0.2) is 38.6 Å². The van der Waals surface area contributed by atoms with Crippen LogP contribution in [0.1, 0.15) is 56.4 Å². The van der Waals surface area contributed by atoms with Crippen molar-refractivity contribution in [2.45, 2.75) is 69.1 Å². The molecular formula is C20H24N2O2S. The highest BCUT2D eigenvalue weighted by molar-refractivity contribution is 7.18. The Kier molecular flexibility index (Phi) is 3.48. The van der Waals surface area contributed by atoms with Crippen LogP contribution in [0.2, 0.25) is 0 Å². The van der Waals surface area contributed by atoms with Crippen LogP contribution in [0.5, 0.6) is 0 Å². The van der Waals surface area contributed by atoms with Crippen LogP contribution in [0.25, 0.3) is 10.2 Å². The molecule has 3 atom stereocenters. The molecule has 3 unspecified atom stereocenters. The Hall–Kier alpha value is -1.46. The summed E-state index contributed by atoms with van der Waals surface area (Å²) < 4.78 is 1.19. The van der Waals surface area contributed by atoms with Gasteiger partial charge in [0.15, 0.2) is 0 Å². The van der Waals surface area contributed by atoms with Crippen LogP contribution < -0.4 is 0 Å². The summed E-state index contributed by atoms with van der Waals surface area (Å²) in [7, 11) is 0. The van der Waals surface area contributed by atoms with Crippen molar-refractivity contribution in [1.29, 1.82) is 0 Å². The molecule has 0 radical (unpaired) electrons. The number of aliphatic hydroxyl groups is 1. The SMILES string of the molecule is CC(CC(=O)N1C2CC3CC1CC(O)(C3)C2)c1nc2ccccc2s1. The first-order chi connectivity index (χ1) is 12.0. The molecule has 2 aromatic rings. The van der Waals surface area contributed by atoms with E-state index in [0.717, 1.165) is 42.6 Å². The molecule has 4 aliphatic rings. The lowest BCUT2D eigenvalue weighted by atomic mass is 9.61. The Bertz CT molecular complexity index is 783. The van der Waals surface area contributed by atoms with Gasteiger partial charge in [-0.05, 0) is 50.2 Å². The Balaban J connectivity index is 1.33. The van der Waals surface area contributed by atoms with Crippen molar-refractivity contribution < 1.29 is 9.90 Å². The van der Waals surface area contributed by atoms with Crippen LogP contribution in [0.4, 0.5) is 0 Å². The highest BCUT2D eigenvalue weighted by atomic mass is 32.1. The molecule has 6 rings (SSSR count). The Morgan fingerprint density at radius 3 is 2.72 bits per heavy atom. The van der Waals surface area contributed by atoms with E-state index in [4.69, 9.17) is 4.98 Å². The molecule has 5 heteroatoms. The van der Waals surface area contributed by atoms with Crippen LogP contribution in [-0.2, 0) is 4.79 Å². The third-order valence-corrected chi connectivity index (χ3v) is 7.67. The van der Waals surface area contributed by atoms with Gasteiger partial charge in [0, 0.05) is 24.4 Å². The molecule has 2 aliphatic heterocycles. The summed E-state index contributed by atoms with van der Waals surface area (Å²) in [5.74, 6) is 1.02. The fraction of sp³-hybridized carbons (Fsp3) is 0.600. The molecule has 4 bridgehead atoms. The lowest BCUT2D eigenvalue weighted by molar-refractivity contribution is -0.174. The number of piperidine rings is 2. The fourth-order valence-electron chi connectivity index (χ4n) is 5.55. The van der Waals surface area contributed by atoms with E-state index < -0.39 is 5.60 Å². The third-order valence-electron chi connectivity index (χ3n) is 6.40. The average molecular weight is 356 g/mol. The van der Waals surface area contributed by atoms with Gasteiger partial charge in [0.05, 0.1) is 20.8 Å². The van der Waals surface area contributed by atoms with E-state index in [2.05, 4.69) is 17.9 Å². The van der Waals surface area contributed by atoms with Gasteiger partial charge < -0.3 is 10.0 Å².